The minimum absolute atomic E-state index is 0.226. The van der Waals surface area contributed by atoms with Crippen LogP contribution in [0.2, 0.25) is 0 Å². The highest BCUT2D eigenvalue weighted by Crippen LogP contribution is 2.59. The van der Waals surface area contributed by atoms with Crippen molar-refractivity contribution < 1.29 is 38.1 Å². The molecule has 1 aliphatic heterocycles. The van der Waals surface area contributed by atoms with Gasteiger partial charge < -0.3 is 34.5 Å². The largest absolute Gasteiger partial charge is 0.465 e. The van der Waals surface area contributed by atoms with Gasteiger partial charge in [0.2, 0.25) is 0 Å². The Balaban J connectivity index is 1.26. The number of nitrogens with two attached hydrogens (primary N) is 1. The quantitative estimate of drug-likeness (QED) is 0.0977. The van der Waals surface area contributed by atoms with Crippen molar-refractivity contribution in [2.45, 2.75) is 82.6 Å². The number of rotatable bonds is 12. The van der Waals surface area contributed by atoms with Crippen LogP contribution < -0.4 is 15.3 Å². The van der Waals surface area contributed by atoms with Gasteiger partial charge in [0.15, 0.2) is 0 Å². The maximum Gasteiger partial charge on any atom is 0.459 e. The average molecular weight is 654 g/mol. The van der Waals surface area contributed by atoms with E-state index in [1.807, 2.05) is 41.8 Å². The Morgan fingerprint density at radius 1 is 1.17 bits per heavy atom. The molecule has 9 unspecified atom stereocenters. The summed E-state index contributed by atoms with van der Waals surface area (Å²) in [7, 11) is -4.35. The van der Waals surface area contributed by atoms with Crippen LogP contribution in [0.15, 0.2) is 61.1 Å². The molecule has 0 amide bonds. The van der Waals surface area contributed by atoms with Crippen LogP contribution in [0.25, 0.3) is 21.8 Å². The first kappa shape index (κ1) is 32.4. The van der Waals surface area contributed by atoms with Gasteiger partial charge in [-0.2, -0.15) is 5.09 Å². The second-order valence-electron chi connectivity index (χ2n) is 12.2. The highest BCUT2D eigenvalue weighted by molar-refractivity contribution is 7.52. The fourth-order valence-electron chi connectivity index (χ4n) is 6.32. The van der Waals surface area contributed by atoms with E-state index in [4.69, 9.17) is 24.3 Å². The minimum Gasteiger partial charge on any atom is -0.465 e. The van der Waals surface area contributed by atoms with Gasteiger partial charge in [0.05, 0.1) is 35.8 Å². The number of carbonyl (C=O) groups is 1. The fraction of sp³-hybridized carbons (Fsp3) is 0.469. The molecule has 1 aliphatic carbocycles. The van der Waals surface area contributed by atoms with E-state index in [2.05, 4.69) is 15.1 Å². The molecule has 0 radical (unpaired) electrons. The zero-order valence-electron chi connectivity index (χ0n) is 26.1. The topological polar surface area (TPSA) is 180 Å². The van der Waals surface area contributed by atoms with Gasteiger partial charge in [0, 0.05) is 17.5 Å². The number of nitrogens with zero attached hydrogens (tertiary/aromatic N) is 3. The Morgan fingerprint density at radius 3 is 2.72 bits per heavy atom. The van der Waals surface area contributed by atoms with Crippen molar-refractivity contribution in [1.82, 2.24) is 19.6 Å². The number of nitrogens with one attached hydrogen (secondary N) is 1. The lowest BCUT2D eigenvalue weighted by atomic mass is 9.85. The number of aliphatic hydroxyl groups excluding tert-OH is 1. The van der Waals surface area contributed by atoms with Crippen LogP contribution in [0, 0.1) is 5.92 Å². The van der Waals surface area contributed by atoms with E-state index in [1.165, 1.54) is 13.3 Å². The molecule has 246 valence electrons. The molecule has 46 heavy (non-hydrogen) atoms. The number of hydrogen-bond acceptors (Lipinski definition) is 11. The number of hydrogen-bond donors (Lipinski definition) is 4. The second-order valence-corrected chi connectivity index (χ2v) is 13.9. The molecule has 1 saturated carbocycles. The molecule has 2 aromatic carbocycles. The third-order valence-electron chi connectivity index (χ3n) is 8.86. The summed E-state index contributed by atoms with van der Waals surface area (Å²) >= 11 is 0. The van der Waals surface area contributed by atoms with E-state index in [0.29, 0.717) is 28.7 Å². The number of nitrogen functional groups attached to an aromatic ring is 1. The van der Waals surface area contributed by atoms with E-state index in [9.17, 15) is 19.6 Å². The summed E-state index contributed by atoms with van der Waals surface area (Å²) in [5.41, 5.74) is 5.01. The van der Waals surface area contributed by atoms with Crippen LogP contribution in [0.4, 0.5) is 5.82 Å². The summed E-state index contributed by atoms with van der Waals surface area (Å²) in [6.45, 7) is 6.84. The number of esters is 1. The van der Waals surface area contributed by atoms with E-state index in [-0.39, 0.29) is 18.4 Å². The molecule has 0 spiro atoms. The zero-order chi connectivity index (χ0) is 32.8. The number of aromatic nitrogens is 3. The lowest BCUT2D eigenvalue weighted by Gasteiger charge is -2.41. The van der Waals surface area contributed by atoms with Gasteiger partial charge in [-0.3, -0.25) is 9.32 Å². The third-order valence-corrected chi connectivity index (χ3v) is 10.6. The van der Waals surface area contributed by atoms with Gasteiger partial charge in [-0.25, -0.2) is 14.5 Å². The first-order valence-corrected chi connectivity index (χ1v) is 17.0. The number of anilines is 1. The molecule has 4 aromatic rings. The highest BCUT2D eigenvalue weighted by atomic mass is 31.2. The Kier molecular flexibility index (Phi) is 8.83. The first-order valence-electron chi connectivity index (χ1n) is 15.5. The fourth-order valence-corrected chi connectivity index (χ4v) is 8.03. The van der Waals surface area contributed by atoms with Crippen LogP contribution in [0.1, 0.15) is 46.6 Å². The molecule has 2 fully saturated rings. The predicted octanol–water partition coefficient (Wildman–Crippen LogP) is 4.13. The van der Waals surface area contributed by atoms with Gasteiger partial charge >= 0.3 is 13.7 Å². The molecular formula is C32H40N5O8P. The van der Waals surface area contributed by atoms with E-state index < -0.39 is 55.7 Å². The second kappa shape index (κ2) is 12.6. The van der Waals surface area contributed by atoms with Gasteiger partial charge in [0.25, 0.3) is 0 Å². The number of fused-ring (bicyclic) bond motifs is 3. The summed E-state index contributed by atoms with van der Waals surface area (Å²) < 4.78 is 40.2. The van der Waals surface area contributed by atoms with Crippen molar-refractivity contribution in [3.05, 3.63) is 61.1 Å². The van der Waals surface area contributed by atoms with Crippen molar-refractivity contribution in [3.8, 4) is 5.75 Å². The average Bonchev–Trinajstić information content (AvgIpc) is 3.59. The molecule has 1 saturated heterocycles. The van der Waals surface area contributed by atoms with Gasteiger partial charge in [-0.05, 0) is 44.7 Å². The normalized spacial score (nSPS) is 28.3. The lowest BCUT2D eigenvalue weighted by Crippen LogP contribution is -2.57. The molecule has 13 nitrogen and oxygen atoms in total. The zero-order valence-corrected chi connectivity index (χ0v) is 27.0. The van der Waals surface area contributed by atoms with E-state index in [0.717, 1.165) is 11.8 Å². The number of ether oxygens (including phenoxy) is 2. The lowest BCUT2D eigenvalue weighted by molar-refractivity contribution is -0.206. The van der Waals surface area contributed by atoms with Crippen LogP contribution in [0.3, 0.4) is 0 Å². The summed E-state index contributed by atoms with van der Waals surface area (Å²) in [6, 6.07) is 13.1. The molecule has 9 atom stereocenters. The molecule has 2 aromatic heterocycles. The molecule has 2 aliphatic rings. The van der Waals surface area contributed by atoms with E-state index in [1.54, 1.807) is 38.2 Å². The van der Waals surface area contributed by atoms with Crippen molar-refractivity contribution in [1.29, 1.82) is 0 Å². The van der Waals surface area contributed by atoms with Crippen molar-refractivity contribution in [3.63, 3.8) is 0 Å². The van der Waals surface area contributed by atoms with Gasteiger partial charge in [0.1, 0.15) is 41.8 Å². The summed E-state index contributed by atoms with van der Waals surface area (Å²) in [6.07, 6.45) is 0.592. The van der Waals surface area contributed by atoms with Crippen LogP contribution in [-0.4, -0.2) is 73.4 Å². The number of benzene rings is 2. The van der Waals surface area contributed by atoms with Crippen LogP contribution in [0.5, 0.6) is 5.75 Å². The smallest absolute Gasteiger partial charge is 0.459 e. The Hall–Kier alpha value is -3.58. The van der Waals surface area contributed by atoms with Gasteiger partial charge in [-0.1, -0.05) is 49.7 Å². The van der Waals surface area contributed by atoms with Crippen molar-refractivity contribution in [2.75, 3.05) is 12.3 Å². The maximum atomic E-state index is 14.5. The van der Waals surface area contributed by atoms with Crippen LogP contribution >= 0.6 is 7.75 Å². The number of aliphatic hydroxyl groups is 2. The Morgan fingerprint density at radius 2 is 1.93 bits per heavy atom. The summed E-state index contributed by atoms with van der Waals surface area (Å²) in [5.74, 6) is -0.478. The Bertz CT molecular complexity index is 1780. The molecular weight excluding hydrogens is 613 g/mol. The SMILES string of the molecule is CCCCOC(=O)C(C)NP(=O)(Oc1cccc2ccccc12)OC(C)C1OC2C(n3ccc4c(N)ncnc43)C2C(C)(O)C1O. The molecule has 5 N–H and O–H groups in total. The van der Waals surface area contributed by atoms with Crippen LogP contribution in [-0.2, 0) is 23.4 Å². The molecule has 6 rings (SSSR count). The van der Waals surface area contributed by atoms with Crippen molar-refractivity contribution in [2.24, 2.45) is 5.92 Å². The number of unbranched alkanes of at least 4 members (excludes halogenated alkanes) is 1. The third kappa shape index (κ3) is 5.99. The molecule has 0 bridgehead atoms. The predicted molar refractivity (Wildman–Crippen MR) is 171 cm³/mol. The summed E-state index contributed by atoms with van der Waals surface area (Å²) in [5, 5.41) is 28.0. The van der Waals surface area contributed by atoms with E-state index >= 15 is 0 Å². The Labute approximate surface area is 266 Å². The number of carbonyl (C=O) groups excluding carboxylic acids is 1. The van der Waals surface area contributed by atoms with Crippen molar-refractivity contribution >= 4 is 41.3 Å². The standard InChI is InChI=1S/C32H40N5O8P/c1-5-6-16-42-31(39)18(2)36-46(41,45-23-13-9-11-20-10-7-8-12-21(20)23)44-19(3)26-28(38)32(4,40)24-25(27(24)43-26)37-15-14-22-29(33)34-17-35-30(22)37/h7-15,17-19,24-28,38,40H,5-6,16H2,1-4H3,(H,36,41)(H2,33,34,35). The first-order chi connectivity index (χ1) is 21.9. The molecule has 3 heterocycles. The monoisotopic (exact) mass is 653 g/mol. The van der Waals surface area contributed by atoms with Gasteiger partial charge in [-0.15, -0.1) is 0 Å². The molecule has 14 heteroatoms. The minimum atomic E-state index is -4.35. The highest BCUT2D eigenvalue weighted by Gasteiger charge is 2.69. The summed E-state index contributed by atoms with van der Waals surface area (Å²) in [4.78, 5) is 21.2. The maximum absolute atomic E-state index is 14.5.